The van der Waals surface area contributed by atoms with Gasteiger partial charge in [-0.25, -0.2) is 5.43 Å². The molecule has 8 heteroatoms. The average Bonchev–Trinajstić information content (AvgIpc) is 2.57. The van der Waals surface area contributed by atoms with Gasteiger partial charge in [-0.1, -0.05) is 18.2 Å². The number of amides is 1. The highest BCUT2D eigenvalue weighted by Crippen LogP contribution is 2.40. The molecule has 0 aliphatic carbocycles. The second-order valence-electron chi connectivity index (χ2n) is 5.26. The van der Waals surface area contributed by atoms with Crippen LogP contribution in [-0.4, -0.2) is 28.9 Å². The summed E-state index contributed by atoms with van der Waals surface area (Å²) in [6.45, 7) is 3.63. The third-order valence-electron chi connectivity index (χ3n) is 3.35. The molecule has 0 saturated carbocycles. The molecule has 0 saturated heterocycles. The van der Waals surface area contributed by atoms with Crippen molar-refractivity contribution in [2.45, 2.75) is 13.8 Å². The Morgan fingerprint density at radius 2 is 1.88 bits per heavy atom. The number of benzene rings is 2. The molecule has 0 radical (unpaired) electrons. The van der Waals surface area contributed by atoms with Crippen LogP contribution in [0.3, 0.4) is 0 Å². The van der Waals surface area contributed by atoms with Crippen molar-refractivity contribution in [3.8, 4) is 17.2 Å². The van der Waals surface area contributed by atoms with Crippen molar-refractivity contribution in [3.05, 3.63) is 49.9 Å². The monoisotopic (exact) mass is 470 g/mol. The van der Waals surface area contributed by atoms with E-state index in [2.05, 4.69) is 42.4 Å². The normalized spacial score (nSPS) is 10.9. The highest BCUT2D eigenvalue weighted by molar-refractivity contribution is 9.11. The molecule has 2 aromatic rings. The maximum absolute atomic E-state index is 11.8. The molecule has 25 heavy (non-hydrogen) atoms. The molecule has 1 amide bonds. The number of carbonyl (C=O) groups excluding carboxylic acids is 1. The van der Waals surface area contributed by atoms with E-state index in [4.69, 9.17) is 4.74 Å². The van der Waals surface area contributed by atoms with Crippen LogP contribution in [-0.2, 0) is 4.79 Å². The first-order valence-electron chi connectivity index (χ1n) is 7.22. The van der Waals surface area contributed by atoms with Crippen LogP contribution < -0.4 is 10.2 Å². The lowest BCUT2D eigenvalue weighted by molar-refractivity contribution is -0.123. The molecule has 3 N–H and O–H groups in total. The zero-order valence-electron chi connectivity index (χ0n) is 13.5. The smallest absolute Gasteiger partial charge is 0.277 e. The standard InChI is InChI=1S/C17H16Br2N2O4/c1-9-4-3-5-10(2)17(9)25-8-13(22)21-20-7-11-6-12(18)16(24)14(19)15(11)23/h3-7,23-24H,8H2,1-2H3,(H,21,22). The lowest BCUT2D eigenvalue weighted by atomic mass is 10.1. The van der Waals surface area contributed by atoms with Gasteiger partial charge in [0.05, 0.1) is 10.7 Å². The van der Waals surface area contributed by atoms with Gasteiger partial charge in [0.2, 0.25) is 0 Å². The number of carbonyl (C=O) groups is 1. The number of nitrogens with one attached hydrogen (secondary N) is 1. The molecule has 132 valence electrons. The average molecular weight is 472 g/mol. The van der Waals surface area contributed by atoms with Crippen LogP contribution in [0.4, 0.5) is 0 Å². The number of phenolic OH excluding ortho intramolecular Hbond substituents is 2. The second kappa shape index (κ2) is 8.35. The summed E-state index contributed by atoms with van der Waals surface area (Å²) in [4.78, 5) is 11.8. The number of ether oxygens (including phenoxy) is 1. The maximum atomic E-state index is 11.8. The first-order chi connectivity index (χ1) is 11.8. The highest BCUT2D eigenvalue weighted by atomic mass is 79.9. The summed E-state index contributed by atoms with van der Waals surface area (Å²) in [6, 6.07) is 7.20. The Labute approximate surface area is 161 Å². The van der Waals surface area contributed by atoms with Crippen LogP contribution in [0.25, 0.3) is 0 Å². The number of phenols is 2. The third kappa shape index (κ3) is 4.73. The van der Waals surface area contributed by atoms with E-state index in [0.717, 1.165) is 11.1 Å². The Morgan fingerprint density at radius 3 is 2.52 bits per heavy atom. The van der Waals surface area contributed by atoms with E-state index in [9.17, 15) is 15.0 Å². The van der Waals surface area contributed by atoms with Crippen LogP contribution in [0.1, 0.15) is 16.7 Å². The van der Waals surface area contributed by atoms with Crippen molar-refractivity contribution < 1.29 is 19.7 Å². The number of hydrazone groups is 1. The summed E-state index contributed by atoms with van der Waals surface area (Å²) in [6.07, 6.45) is 1.27. The van der Waals surface area contributed by atoms with E-state index in [1.54, 1.807) is 0 Å². The van der Waals surface area contributed by atoms with Gasteiger partial charge in [-0.2, -0.15) is 5.10 Å². The van der Waals surface area contributed by atoms with Crippen molar-refractivity contribution in [3.63, 3.8) is 0 Å². The first kappa shape index (κ1) is 19.3. The molecule has 0 atom stereocenters. The van der Waals surface area contributed by atoms with Gasteiger partial charge in [0.1, 0.15) is 21.7 Å². The lowest BCUT2D eigenvalue weighted by Crippen LogP contribution is -2.25. The molecule has 0 spiro atoms. The summed E-state index contributed by atoms with van der Waals surface area (Å²) in [5.41, 5.74) is 4.52. The van der Waals surface area contributed by atoms with E-state index in [1.807, 2.05) is 32.0 Å². The Balaban J connectivity index is 1.98. The van der Waals surface area contributed by atoms with Crippen molar-refractivity contribution >= 4 is 44.0 Å². The van der Waals surface area contributed by atoms with Crippen molar-refractivity contribution in [1.82, 2.24) is 5.43 Å². The predicted octanol–water partition coefficient (Wildman–Crippen LogP) is 3.77. The van der Waals surface area contributed by atoms with Gasteiger partial charge in [0, 0.05) is 5.56 Å². The molecule has 0 aliphatic heterocycles. The maximum Gasteiger partial charge on any atom is 0.277 e. The Kier molecular flexibility index (Phi) is 6.44. The predicted molar refractivity (Wildman–Crippen MR) is 102 cm³/mol. The summed E-state index contributed by atoms with van der Waals surface area (Å²) in [7, 11) is 0. The largest absolute Gasteiger partial charge is 0.506 e. The molecule has 6 nitrogen and oxygen atoms in total. The van der Waals surface area contributed by atoms with Gasteiger partial charge < -0.3 is 14.9 Å². The molecule has 0 fully saturated rings. The molecule has 2 aromatic carbocycles. The number of rotatable bonds is 5. The van der Waals surface area contributed by atoms with Crippen molar-refractivity contribution in [2.24, 2.45) is 5.10 Å². The minimum atomic E-state index is -0.435. The fraction of sp³-hybridized carbons (Fsp3) is 0.176. The SMILES string of the molecule is Cc1cccc(C)c1OCC(=O)NN=Cc1cc(Br)c(O)c(Br)c1O. The summed E-state index contributed by atoms with van der Waals surface area (Å²) in [5, 5.41) is 23.4. The van der Waals surface area contributed by atoms with E-state index in [1.165, 1.54) is 12.3 Å². The molecular weight excluding hydrogens is 456 g/mol. The van der Waals surface area contributed by atoms with E-state index >= 15 is 0 Å². The molecule has 0 heterocycles. The van der Waals surface area contributed by atoms with Gasteiger partial charge in [0.25, 0.3) is 5.91 Å². The fourth-order valence-corrected chi connectivity index (χ4v) is 3.24. The lowest BCUT2D eigenvalue weighted by Gasteiger charge is -2.10. The van der Waals surface area contributed by atoms with Crippen molar-refractivity contribution in [1.29, 1.82) is 0 Å². The first-order valence-corrected chi connectivity index (χ1v) is 8.80. The van der Waals surface area contributed by atoms with Gasteiger partial charge in [-0.3, -0.25) is 4.79 Å². The van der Waals surface area contributed by atoms with Gasteiger partial charge in [-0.15, -0.1) is 0 Å². The minimum absolute atomic E-state index is 0.124. The van der Waals surface area contributed by atoms with Crippen LogP contribution in [0.5, 0.6) is 17.2 Å². The Morgan fingerprint density at radius 1 is 1.24 bits per heavy atom. The Hall–Kier alpha value is -2.06. The zero-order chi connectivity index (χ0) is 18.6. The quantitative estimate of drug-likeness (QED) is 0.457. The molecule has 0 aliphatic rings. The molecule has 0 unspecified atom stereocenters. The van der Waals surface area contributed by atoms with E-state index in [-0.39, 0.29) is 22.6 Å². The molecule has 0 aromatic heterocycles. The van der Waals surface area contributed by atoms with Crippen LogP contribution in [0.15, 0.2) is 38.3 Å². The minimum Gasteiger partial charge on any atom is -0.506 e. The van der Waals surface area contributed by atoms with Gasteiger partial charge >= 0.3 is 0 Å². The van der Waals surface area contributed by atoms with Crippen molar-refractivity contribution in [2.75, 3.05) is 6.61 Å². The number of halogens is 2. The number of nitrogens with zero attached hydrogens (tertiary/aromatic N) is 1. The topological polar surface area (TPSA) is 91.2 Å². The second-order valence-corrected chi connectivity index (χ2v) is 6.91. The molecule has 0 bridgehead atoms. The third-order valence-corrected chi connectivity index (χ3v) is 4.70. The summed E-state index contributed by atoms with van der Waals surface area (Å²) >= 11 is 6.22. The van der Waals surface area contributed by atoms with E-state index < -0.39 is 5.91 Å². The number of hydrogen-bond acceptors (Lipinski definition) is 5. The van der Waals surface area contributed by atoms with Crippen LogP contribution >= 0.6 is 31.9 Å². The Bertz CT molecular complexity index is 818. The number of para-hydroxylation sites is 1. The fourth-order valence-electron chi connectivity index (χ4n) is 2.09. The van der Waals surface area contributed by atoms with Gasteiger partial charge in [0.15, 0.2) is 6.61 Å². The van der Waals surface area contributed by atoms with Crippen LogP contribution in [0.2, 0.25) is 0 Å². The summed E-state index contributed by atoms with van der Waals surface area (Å²) < 4.78 is 6.04. The zero-order valence-corrected chi connectivity index (χ0v) is 16.7. The number of aryl methyl sites for hydroxylation is 2. The highest BCUT2D eigenvalue weighted by Gasteiger charge is 2.13. The van der Waals surface area contributed by atoms with E-state index in [0.29, 0.717) is 15.8 Å². The number of hydrogen-bond donors (Lipinski definition) is 3. The van der Waals surface area contributed by atoms with Gasteiger partial charge in [-0.05, 0) is 62.9 Å². The van der Waals surface area contributed by atoms with Crippen LogP contribution in [0, 0.1) is 13.8 Å². The summed E-state index contributed by atoms with van der Waals surface area (Å²) in [5.74, 6) is -0.0767. The number of aromatic hydroxyl groups is 2. The molecule has 2 rings (SSSR count). The molecular formula is C17H16Br2N2O4.